The Hall–Kier alpha value is -6.43. The number of hydrogen-bond acceptors (Lipinski definition) is 2. The van der Waals surface area contributed by atoms with Gasteiger partial charge in [0.15, 0.2) is 0 Å². The fourth-order valence-electron chi connectivity index (χ4n) is 7.22. The van der Waals surface area contributed by atoms with E-state index in [1.54, 1.807) is 0 Å². The van der Waals surface area contributed by atoms with Crippen LogP contribution >= 0.6 is 0 Å². The van der Waals surface area contributed by atoms with Crippen LogP contribution in [0.15, 0.2) is 170 Å². The Morgan fingerprint density at radius 3 is 1.77 bits per heavy atom. The minimum absolute atomic E-state index is 0.642. The molecule has 218 valence electrons. The molecule has 9 aromatic rings. The number of nitriles is 1. The molecule has 0 atom stereocenters. The van der Waals surface area contributed by atoms with Crippen LogP contribution in [0.1, 0.15) is 5.56 Å². The van der Waals surface area contributed by atoms with Crippen molar-refractivity contribution in [2.75, 3.05) is 4.90 Å². The molecule has 0 radical (unpaired) electrons. The van der Waals surface area contributed by atoms with Crippen molar-refractivity contribution >= 4 is 70.9 Å². The third kappa shape index (κ3) is 4.41. The largest absolute Gasteiger partial charge is 0.310 e. The highest BCUT2D eigenvalue weighted by molar-refractivity contribution is 6.33. The molecule has 0 heterocycles. The van der Waals surface area contributed by atoms with E-state index in [1.807, 2.05) is 12.1 Å². The number of hydrogen-bond donors (Lipinski definition) is 0. The van der Waals surface area contributed by atoms with Gasteiger partial charge in [0, 0.05) is 16.8 Å². The van der Waals surface area contributed by atoms with Gasteiger partial charge in [-0.2, -0.15) is 5.26 Å². The normalized spacial score (nSPS) is 11.4. The molecule has 9 rings (SSSR count). The molecule has 0 saturated heterocycles. The number of rotatable bonds is 4. The molecule has 0 aliphatic rings. The van der Waals surface area contributed by atoms with Crippen molar-refractivity contribution in [3.63, 3.8) is 0 Å². The molecule has 0 saturated carbocycles. The Morgan fingerprint density at radius 2 is 1.00 bits per heavy atom. The van der Waals surface area contributed by atoms with Crippen molar-refractivity contribution in [2.24, 2.45) is 0 Å². The summed E-state index contributed by atoms with van der Waals surface area (Å²) in [5, 5.41) is 21.8. The third-order valence-corrected chi connectivity index (χ3v) is 9.41. The Labute approximate surface area is 273 Å². The lowest BCUT2D eigenvalue weighted by atomic mass is 9.88. The molecule has 0 fully saturated rings. The lowest BCUT2D eigenvalue weighted by molar-refractivity contribution is 1.30. The maximum absolute atomic E-state index is 9.58. The van der Waals surface area contributed by atoms with Crippen LogP contribution in [0.2, 0.25) is 0 Å². The van der Waals surface area contributed by atoms with E-state index in [2.05, 4.69) is 169 Å². The second-order valence-electron chi connectivity index (χ2n) is 12.1. The molecule has 0 unspecified atom stereocenters. The van der Waals surface area contributed by atoms with Gasteiger partial charge in [-0.05, 0) is 108 Å². The van der Waals surface area contributed by atoms with Crippen LogP contribution in [0, 0.1) is 11.3 Å². The molecule has 0 aromatic heterocycles. The molecule has 0 aliphatic carbocycles. The third-order valence-electron chi connectivity index (χ3n) is 9.41. The van der Waals surface area contributed by atoms with E-state index in [-0.39, 0.29) is 0 Å². The number of fused-ring (bicyclic) bond motifs is 9. The average molecular weight is 597 g/mol. The predicted octanol–water partition coefficient (Wildman–Crippen LogP) is 12.5. The standard InChI is InChI=1S/C45H28N2/c46-29-30-18-22-35(23-19-30)47(36-24-20-32-12-4-5-13-33(32)26-36)44-28-43-38-15-7-6-14-37(38)42-27-34(31-10-2-1-3-11-31)21-25-41(42)45(43)40-17-9-8-16-39(40)44/h1-28H. The second-order valence-corrected chi connectivity index (χ2v) is 12.1. The summed E-state index contributed by atoms with van der Waals surface area (Å²) < 4.78 is 0. The van der Waals surface area contributed by atoms with Gasteiger partial charge in [0.2, 0.25) is 0 Å². The molecule has 0 bridgehead atoms. The first-order chi connectivity index (χ1) is 23.3. The molecule has 2 heteroatoms. The minimum Gasteiger partial charge on any atom is -0.310 e. The summed E-state index contributed by atoms with van der Waals surface area (Å²) in [7, 11) is 0. The first kappa shape index (κ1) is 26.9. The first-order valence-corrected chi connectivity index (χ1v) is 15.9. The van der Waals surface area contributed by atoms with Gasteiger partial charge >= 0.3 is 0 Å². The van der Waals surface area contributed by atoms with Crippen LogP contribution in [0.3, 0.4) is 0 Å². The summed E-state index contributed by atoms with van der Waals surface area (Å²) in [4.78, 5) is 2.34. The van der Waals surface area contributed by atoms with E-state index in [1.165, 1.54) is 65.0 Å². The van der Waals surface area contributed by atoms with E-state index in [9.17, 15) is 5.26 Å². The average Bonchev–Trinajstić information content (AvgIpc) is 3.15. The van der Waals surface area contributed by atoms with Gasteiger partial charge < -0.3 is 4.90 Å². The van der Waals surface area contributed by atoms with Crippen LogP contribution < -0.4 is 4.90 Å². The predicted molar refractivity (Wildman–Crippen MR) is 199 cm³/mol. The summed E-state index contributed by atoms with van der Waals surface area (Å²) in [6.07, 6.45) is 0. The molecule has 9 aromatic carbocycles. The molecule has 0 N–H and O–H groups in total. The van der Waals surface area contributed by atoms with E-state index in [0.717, 1.165) is 17.1 Å². The molecule has 0 spiro atoms. The van der Waals surface area contributed by atoms with E-state index < -0.39 is 0 Å². The minimum atomic E-state index is 0.642. The summed E-state index contributed by atoms with van der Waals surface area (Å²) in [5.74, 6) is 0. The smallest absolute Gasteiger partial charge is 0.0991 e. The topological polar surface area (TPSA) is 27.0 Å². The molecule has 0 aliphatic heterocycles. The Kier molecular flexibility index (Phi) is 6.23. The van der Waals surface area contributed by atoms with Crippen LogP contribution in [0.5, 0.6) is 0 Å². The van der Waals surface area contributed by atoms with Crippen LogP contribution in [-0.4, -0.2) is 0 Å². The Balaban J connectivity index is 1.39. The van der Waals surface area contributed by atoms with Crippen molar-refractivity contribution in [2.45, 2.75) is 0 Å². The molecule has 2 nitrogen and oxygen atoms in total. The van der Waals surface area contributed by atoms with Crippen molar-refractivity contribution in [1.29, 1.82) is 5.26 Å². The van der Waals surface area contributed by atoms with E-state index in [4.69, 9.17) is 0 Å². The van der Waals surface area contributed by atoms with Crippen LogP contribution in [0.25, 0.3) is 65.0 Å². The first-order valence-electron chi connectivity index (χ1n) is 15.9. The molecular formula is C45H28N2. The van der Waals surface area contributed by atoms with Crippen LogP contribution in [-0.2, 0) is 0 Å². The van der Waals surface area contributed by atoms with E-state index in [0.29, 0.717) is 5.56 Å². The second kappa shape index (κ2) is 10.9. The van der Waals surface area contributed by atoms with Crippen LogP contribution in [0.4, 0.5) is 17.1 Å². The maximum atomic E-state index is 9.58. The van der Waals surface area contributed by atoms with Gasteiger partial charge in [0.05, 0.1) is 17.3 Å². The number of benzene rings is 9. The van der Waals surface area contributed by atoms with Gasteiger partial charge in [0.25, 0.3) is 0 Å². The maximum Gasteiger partial charge on any atom is 0.0991 e. The quantitative estimate of drug-likeness (QED) is 0.189. The summed E-state index contributed by atoms with van der Waals surface area (Å²) in [5.41, 5.74) is 6.23. The summed E-state index contributed by atoms with van der Waals surface area (Å²) in [6, 6.07) is 62.8. The fraction of sp³-hybridized carbons (Fsp3) is 0. The Morgan fingerprint density at radius 1 is 0.383 bits per heavy atom. The zero-order valence-corrected chi connectivity index (χ0v) is 25.6. The van der Waals surface area contributed by atoms with Gasteiger partial charge in [-0.15, -0.1) is 0 Å². The molecule has 47 heavy (non-hydrogen) atoms. The molecule has 0 amide bonds. The van der Waals surface area contributed by atoms with Crippen molar-refractivity contribution < 1.29 is 0 Å². The zero-order valence-electron chi connectivity index (χ0n) is 25.6. The number of anilines is 3. The lowest BCUT2D eigenvalue weighted by Gasteiger charge is -2.28. The lowest BCUT2D eigenvalue weighted by Crippen LogP contribution is -2.11. The molecular weight excluding hydrogens is 569 g/mol. The Bertz CT molecular complexity index is 2680. The van der Waals surface area contributed by atoms with Crippen molar-refractivity contribution in [1.82, 2.24) is 0 Å². The van der Waals surface area contributed by atoms with Gasteiger partial charge in [0.1, 0.15) is 0 Å². The number of nitrogens with zero attached hydrogens (tertiary/aromatic N) is 2. The van der Waals surface area contributed by atoms with Crippen molar-refractivity contribution in [3.8, 4) is 17.2 Å². The van der Waals surface area contributed by atoms with E-state index >= 15 is 0 Å². The fourth-order valence-corrected chi connectivity index (χ4v) is 7.22. The van der Waals surface area contributed by atoms with Gasteiger partial charge in [-0.25, -0.2) is 0 Å². The highest BCUT2D eigenvalue weighted by atomic mass is 15.1. The van der Waals surface area contributed by atoms with Gasteiger partial charge in [-0.3, -0.25) is 0 Å². The zero-order chi connectivity index (χ0) is 31.3. The monoisotopic (exact) mass is 596 g/mol. The van der Waals surface area contributed by atoms with Gasteiger partial charge in [-0.1, -0.05) is 121 Å². The highest BCUT2D eigenvalue weighted by Crippen LogP contribution is 2.47. The van der Waals surface area contributed by atoms with Crippen molar-refractivity contribution in [3.05, 3.63) is 175 Å². The summed E-state index contributed by atoms with van der Waals surface area (Å²) >= 11 is 0. The summed E-state index contributed by atoms with van der Waals surface area (Å²) in [6.45, 7) is 0. The SMILES string of the molecule is N#Cc1ccc(N(c2ccc3ccccc3c2)c2cc3c4ccccc4c4cc(-c5ccccc5)ccc4c3c3ccccc23)cc1. The highest BCUT2D eigenvalue weighted by Gasteiger charge is 2.20.